The van der Waals surface area contributed by atoms with Gasteiger partial charge in [-0.15, -0.1) is 0 Å². The standard InChI is InChI=1S/C9H13ClN2O2/c1-4-5-6-7(10)8(9(13)14-3)11-12(6)2/h4-5H2,1-3H3. The highest BCUT2D eigenvalue weighted by molar-refractivity contribution is 6.34. The van der Waals surface area contributed by atoms with E-state index in [4.69, 9.17) is 11.6 Å². The fourth-order valence-electron chi connectivity index (χ4n) is 1.27. The van der Waals surface area contributed by atoms with Crippen molar-refractivity contribution in [3.63, 3.8) is 0 Å². The van der Waals surface area contributed by atoms with E-state index in [1.807, 2.05) is 6.92 Å². The summed E-state index contributed by atoms with van der Waals surface area (Å²) in [4.78, 5) is 11.2. The third-order valence-corrected chi connectivity index (χ3v) is 2.36. The van der Waals surface area contributed by atoms with Crippen LogP contribution in [0.3, 0.4) is 0 Å². The normalized spacial score (nSPS) is 10.3. The average Bonchev–Trinajstić information content (AvgIpc) is 2.45. The number of nitrogens with zero attached hydrogens (tertiary/aromatic N) is 2. The Hall–Kier alpha value is -1.03. The third kappa shape index (κ3) is 1.90. The van der Waals surface area contributed by atoms with Crippen LogP contribution in [0.4, 0.5) is 0 Å². The Bertz CT molecular complexity index is 347. The molecule has 0 bridgehead atoms. The summed E-state index contributed by atoms with van der Waals surface area (Å²) < 4.78 is 6.19. The molecule has 1 aromatic rings. The molecule has 0 saturated heterocycles. The minimum atomic E-state index is -0.493. The van der Waals surface area contributed by atoms with Gasteiger partial charge < -0.3 is 4.74 Å². The van der Waals surface area contributed by atoms with Gasteiger partial charge in [0.15, 0.2) is 5.69 Å². The van der Waals surface area contributed by atoms with E-state index in [0.29, 0.717) is 5.02 Å². The summed E-state index contributed by atoms with van der Waals surface area (Å²) in [5, 5.41) is 4.41. The predicted molar refractivity (Wildman–Crippen MR) is 53.6 cm³/mol. The quantitative estimate of drug-likeness (QED) is 0.724. The largest absolute Gasteiger partial charge is 0.464 e. The number of halogens is 1. The van der Waals surface area contributed by atoms with E-state index in [9.17, 15) is 4.79 Å². The van der Waals surface area contributed by atoms with Gasteiger partial charge in [-0.1, -0.05) is 24.9 Å². The molecule has 14 heavy (non-hydrogen) atoms. The van der Waals surface area contributed by atoms with Gasteiger partial charge in [-0.05, 0) is 6.42 Å². The summed E-state index contributed by atoms with van der Waals surface area (Å²) in [6.07, 6.45) is 1.76. The highest BCUT2D eigenvalue weighted by atomic mass is 35.5. The van der Waals surface area contributed by atoms with Crippen LogP contribution in [0.2, 0.25) is 5.02 Å². The molecule has 0 aliphatic heterocycles. The minimum absolute atomic E-state index is 0.195. The molecule has 1 heterocycles. The molecule has 0 amide bonds. The van der Waals surface area contributed by atoms with Crippen molar-refractivity contribution in [3.05, 3.63) is 16.4 Å². The number of aryl methyl sites for hydroxylation is 1. The van der Waals surface area contributed by atoms with Crippen LogP contribution in [0, 0.1) is 0 Å². The van der Waals surface area contributed by atoms with Gasteiger partial charge in [-0.25, -0.2) is 4.79 Å². The molecule has 0 aliphatic carbocycles. The van der Waals surface area contributed by atoms with Crippen molar-refractivity contribution in [3.8, 4) is 0 Å². The van der Waals surface area contributed by atoms with Crippen molar-refractivity contribution < 1.29 is 9.53 Å². The lowest BCUT2D eigenvalue weighted by atomic mass is 10.2. The molecular formula is C9H13ClN2O2. The van der Waals surface area contributed by atoms with Crippen molar-refractivity contribution in [1.29, 1.82) is 0 Å². The van der Waals surface area contributed by atoms with Crippen LogP contribution < -0.4 is 0 Å². The maximum absolute atomic E-state index is 11.2. The van der Waals surface area contributed by atoms with Gasteiger partial charge in [-0.2, -0.15) is 5.10 Å². The number of hydrogen-bond acceptors (Lipinski definition) is 3. The van der Waals surface area contributed by atoms with Crippen LogP contribution in [-0.2, 0) is 18.2 Å². The van der Waals surface area contributed by atoms with Gasteiger partial charge in [0, 0.05) is 7.05 Å². The molecule has 1 rings (SSSR count). The number of carbonyl (C=O) groups is 1. The predicted octanol–water partition coefficient (Wildman–Crippen LogP) is 1.81. The second-order valence-corrected chi connectivity index (χ2v) is 3.35. The number of esters is 1. The molecule has 0 aliphatic rings. The Morgan fingerprint density at radius 3 is 2.79 bits per heavy atom. The topological polar surface area (TPSA) is 44.1 Å². The van der Waals surface area contributed by atoms with E-state index in [2.05, 4.69) is 9.84 Å². The molecule has 78 valence electrons. The number of aromatic nitrogens is 2. The van der Waals surface area contributed by atoms with Crippen LogP contribution in [0.15, 0.2) is 0 Å². The van der Waals surface area contributed by atoms with Gasteiger partial charge in [0.25, 0.3) is 0 Å². The van der Waals surface area contributed by atoms with Crippen LogP contribution in [0.5, 0.6) is 0 Å². The zero-order valence-corrected chi connectivity index (χ0v) is 9.26. The van der Waals surface area contributed by atoms with Crippen LogP contribution >= 0.6 is 11.6 Å². The Morgan fingerprint density at radius 2 is 2.29 bits per heavy atom. The molecule has 1 aromatic heterocycles. The highest BCUT2D eigenvalue weighted by Crippen LogP contribution is 2.21. The lowest BCUT2D eigenvalue weighted by Crippen LogP contribution is -2.03. The molecule has 4 nitrogen and oxygen atoms in total. The van der Waals surface area contributed by atoms with Gasteiger partial charge in [-0.3, -0.25) is 4.68 Å². The Balaban J connectivity index is 3.10. The highest BCUT2D eigenvalue weighted by Gasteiger charge is 2.19. The van der Waals surface area contributed by atoms with Crippen molar-refractivity contribution in [1.82, 2.24) is 9.78 Å². The van der Waals surface area contributed by atoms with Gasteiger partial charge >= 0.3 is 5.97 Å². The number of hydrogen-bond donors (Lipinski definition) is 0. The van der Waals surface area contributed by atoms with Crippen LogP contribution in [0.25, 0.3) is 0 Å². The van der Waals surface area contributed by atoms with Gasteiger partial charge in [0.05, 0.1) is 17.8 Å². The molecule has 0 spiro atoms. The SMILES string of the molecule is CCCc1c(Cl)c(C(=O)OC)nn1C. The lowest BCUT2D eigenvalue weighted by molar-refractivity contribution is 0.0593. The van der Waals surface area contributed by atoms with Crippen LogP contribution in [-0.4, -0.2) is 22.9 Å². The first-order valence-corrected chi connectivity index (χ1v) is 4.79. The molecule has 0 atom stereocenters. The smallest absolute Gasteiger partial charge is 0.360 e. The van der Waals surface area contributed by atoms with Crippen molar-refractivity contribution in [2.75, 3.05) is 7.11 Å². The second kappa shape index (κ2) is 4.46. The Kier molecular flexibility index (Phi) is 3.52. The van der Waals surface area contributed by atoms with Gasteiger partial charge in [0.1, 0.15) is 0 Å². The first-order chi connectivity index (χ1) is 6.61. The van der Waals surface area contributed by atoms with E-state index < -0.39 is 5.97 Å². The average molecular weight is 217 g/mol. The number of carbonyl (C=O) groups excluding carboxylic acids is 1. The van der Waals surface area contributed by atoms with Crippen LogP contribution in [0.1, 0.15) is 29.5 Å². The lowest BCUT2D eigenvalue weighted by Gasteiger charge is -1.98. The summed E-state index contributed by atoms with van der Waals surface area (Å²) in [6.45, 7) is 2.04. The summed E-state index contributed by atoms with van der Waals surface area (Å²) in [5.41, 5.74) is 1.06. The molecule has 5 heteroatoms. The third-order valence-electron chi connectivity index (χ3n) is 1.97. The number of rotatable bonds is 3. The van der Waals surface area contributed by atoms with Crippen molar-refractivity contribution >= 4 is 17.6 Å². The second-order valence-electron chi connectivity index (χ2n) is 2.97. The number of methoxy groups -OCH3 is 1. The summed E-state index contributed by atoms with van der Waals surface area (Å²) in [6, 6.07) is 0. The van der Waals surface area contributed by atoms with E-state index in [1.54, 1.807) is 11.7 Å². The van der Waals surface area contributed by atoms with E-state index in [-0.39, 0.29) is 5.69 Å². The maximum Gasteiger partial charge on any atom is 0.360 e. The summed E-state index contributed by atoms with van der Waals surface area (Å²) >= 11 is 6.00. The van der Waals surface area contributed by atoms with Crippen molar-refractivity contribution in [2.24, 2.45) is 7.05 Å². The molecule has 0 fully saturated rings. The molecule has 0 radical (unpaired) electrons. The summed E-state index contributed by atoms with van der Waals surface area (Å²) in [7, 11) is 3.08. The maximum atomic E-state index is 11.2. The fraction of sp³-hybridized carbons (Fsp3) is 0.556. The van der Waals surface area contributed by atoms with Crippen molar-refractivity contribution in [2.45, 2.75) is 19.8 Å². The number of ether oxygens (including phenoxy) is 1. The molecular weight excluding hydrogens is 204 g/mol. The Labute approximate surface area is 87.8 Å². The first kappa shape index (κ1) is 11.0. The minimum Gasteiger partial charge on any atom is -0.464 e. The summed E-state index contributed by atoms with van der Waals surface area (Å²) in [5.74, 6) is -0.493. The molecule has 0 N–H and O–H groups in total. The van der Waals surface area contributed by atoms with E-state index in [0.717, 1.165) is 18.5 Å². The molecule has 0 unspecified atom stereocenters. The fourth-order valence-corrected chi connectivity index (χ4v) is 1.60. The van der Waals surface area contributed by atoms with E-state index in [1.165, 1.54) is 7.11 Å². The monoisotopic (exact) mass is 216 g/mol. The van der Waals surface area contributed by atoms with Gasteiger partial charge in [0.2, 0.25) is 0 Å². The van der Waals surface area contributed by atoms with E-state index >= 15 is 0 Å². The zero-order chi connectivity index (χ0) is 10.7. The molecule has 0 saturated carbocycles. The first-order valence-electron chi connectivity index (χ1n) is 4.41. The Morgan fingerprint density at radius 1 is 1.64 bits per heavy atom. The molecule has 0 aromatic carbocycles. The zero-order valence-electron chi connectivity index (χ0n) is 8.50.